The van der Waals surface area contributed by atoms with Gasteiger partial charge in [-0.05, 0) is 55.2 Å². The third-order valence-electron chi connectivity index (χ3n) is 6.64. The molecule has 0 saturated carbocycles. The Morgan fingerprint density at radius 2 is 1.62 bits per heavy atom. The summed E-state index contributed by atoms with van der Waals surface area (Å²) in [5, 5.41) is 0. The summed E-state index contributed by atoms with van der Waals surface area (Å²) in [7, 11) is 0. The molecule has 6 nitrogen and oxygen atoms in total. The molecule has 0 spiro atoms. The molecule has 1 aromatic heterocycles. The van der Waals surface area contributed by atoms with Gasteiger partial charge in [0.25, 0.3) is 0 Å². The molecule has 2 N–H and O–H groups in total. The highest BCUT2D eigenvalue weighted by atomic mass is 19.1. The lowest BCUT2D eigenvalue weighted by atomic mass is 9.96. The maximum absolute atomic E-state index is 14.4. The van der Waals surface area contributed by atoms with Crippen LogP contribution in [0.3, 0.4) is 0 Å². The zero-order chi connectivity index (χ0) is 25.8. The fourth-order valence-corrected chi connectivity index (χ4v) is 4.73. The molecule has 0 amide bonds. The van der Waals surface area contributed by atoms with Gasteiger partial charge in [0.15, 0.2) is 17.4 Å². The first-order chi connectivity index (χ1) is 18.0. The van der Waals surface area contributed by atoms with Gasteiger partial charge in [-0.3, -0.25) is 9.59 Å². The molecule has 1 fully saturated rings. The van der Waals surface area contributed by atoms with Gasteiger partial charge in [0, 0.05) is 41.9 Å². The van der Waals surface area contributed by atoms with E-state index in [1.807, 2.05) is 30.3 Å². The summed E-state index contributed by atoms with van der Waals surface area (Å²) >= 11 is 0. The second kappa shape index (κ2) is 10.7. The number of hydrogen-bond donors (Lipinski definition) is 1. The molecule has 4 aromatic rings. The molecule has 2 heterocycles. The van der Waals surface area contributed by atoms with Crippen molar-refractivity contribution >= 4 is 23.1 Å². The van der Waals surface area contributed by atoms with Crippen LogP contribution in [0.25, 0.3) is 11.3 Å². The van der Waals surface area contributed by atoms with Crippen LogP contribution in [0.5, 0.6) is 0 Å². The van der Waals surface area contributed by atoms with Crippen molar-refractivity contribution in [2.24, 2.45) is 0 Å². The Morgan fingerprint density at radius 1 is 0.892 bits per heavy atom. The topological polar surface area (TPSA) is 89.2 Å². The van der Waals surface area contributed by atoms with Gasteiger partial charge in [-0.25, -0.2) is 14.4 Å². The number of rotatable bonds is 7. The van der Waals surface area contributed by atoms with Crippen LogP contribution in [0.4, 0.5) is 15.9 Å². The van der Waals surface area contributed by atoms with Crippen LogP contribution in [-0.2, 0) is 6.42 Å². The minimum Gasteiger partial charge on any atom is -0.382 e. The summed E-state index contributed by atoms with van der Waals surface area (Å²) in [4.78, 5) is 37.4. The molecule has 1 saturated heterocycles. The van der Waals surface area contributed by atoms with Crippen LogP contribution >= 0.6 is 0 Å². The molecule has 186 valence electrons. The predicted molar refractivity (Wildman–Crippen MR) is 142 cm³/mol. The fourth-order valence-electron chi connectivity index (χ4n) is 4.73. The Kier molecular flexibility index (Phi) is 7.03. The highest BCUT2D eigenvalue weighted by molar-refractivity contribution is 6.09. The lowest BCUT2D eigenvalue weighted by Crippen LogP contribution is -2.30. The molecular formula is C30H27FN4O2. The maximum Gasteiger partial charge on any atom is 0.193 e. The van der Waals surface area contributed by atoms with Crippen LogP contribution < -0.4 is 10.6 Å². The fraction of sp³-hybridized carbons (Fsp3) is 0.200. The quantitative estimate of drug-likeness (QED) is 0.341. The number of benzene rings is 3. The van der Waals surface area contributed by atoms with E-state index in [0.717, 1.165) is 37.2 Å². The number of piperidine rings is 1. The standard InChI is InChI=1S/C30H27FN4O2/c31-24-12-6-5-11-23(24)25-19-33-30(32)28(34-25)27(36)18-22-17-21(29(37)20-9-3-1-4-10-20)13-14-26(22)35-15-7-2-8-16-35/h1,3-6,9-14,17,19H,2,7-8,15-16,18H2,(H2,32,33). The molecule has 3 aromatic carbocycles. The number of hydrogen-bond acceptors (Lipinski definition) is 6. The minimum absolute atomic E-state index is 0.00913. The molecule has 1 aliphatic rings. The summed E-state index contributed by atoms with van der Waals surface area (Å²) in [6.45, 7) is 1.77. The van der Waals surface area contributed by atoms with E-state index in [1.54, 1.807) is 36.4 Å². The highest BCUT2D eigenvalue weighted by Crippen LogP contribution is 2.29. The Bertz CT molecular complexity index is 1450. The summed E-state index contributed by atoms with van der Waals surface area (Å²) < 4.78 is 14.4. The first-order valence-electron chi connectivity index (χ1n) is 12.4. The number of aromatic nitrogens is 2. The summed E-state index contributed by atoms with van der Waals surface area (Å²) in [5.74, 6) is -0.924. The SMILES string of the molecule is Nc1ncc(-c2ccccc2F)nc1C(=O)Cc1cc(C(=O)c2ccccc2)ccc1N1CCCCC1. The average molecular weight is 495 g/mol. The summed E-state index contributed by atoms with van der Waals surface area (Å²) in [5.41, 5.74) is 9.26. The minimum atomic E-state index is -0.459. The van der Waals surface area contributed by atoms with Crippen molar-refractivity contribution in [3.63, 3.8) is 0 Å². The van der Waals surface area contributed by atoms with Crippen LogP contribution in [0, 0.1) is 5.82 Å². The van der Waals surface area contributed by atoms with Crippen LogP contribution in [0.1, 0.15) is 51.2 Å². The maximum atomic E-state index is 14.4. The molecule has 0 aliphatic carbocycles. The molecule has 0 bridgehead atoms. The molecule has 0 radical (unpaired) electrons. The lowest BCUT2D eigenvalue weighted by Gasteiger charge is -2.31. The molecule has 0 unspecified atom stereocenters. The van der Waals surface area contributed by atoms with E-state index in [9.17, 15) is 14.0 Å². The third kappa shape index (κ3) is 5.26. The summed E-state index contributed by atoms with van der Waals surface area (Å²) in [6, 6.07) is 20.8. The first kappa shape index (κ1) is 24.3. The number of nitrogens with zero attached hydrogens (tertiary/aromatic N) is 3. The largest absolute Gasteiger partial charge is 0.382 e. The van der Waals surface area contributed by atoms with Crippen LogP contribution in [-0.4, -0.2) is 34.6 Å². The monoisotopic (exact) mass is 494 g/mol. The van der Waals surface area contributed by atoms with Crippen molar-refractivity contribution in [2.45, 2.75) is 25.7 Å². The number of nitrogen functional groups attached to an aromatic ring is 1. The van der Waals surface area contributed by atoms with E-state index in [1.165, 1.54) is 18.7 Å². The van der Waals surface area contributed by atoms with Crippen LogP contribution in [0.2, 0.25) is 0 Å². The molecule has 0 atom stereocenters. The smallest absolute Gasteiger partial charge is 0.193 e. The second-order valence-corrected chi connectivity index (χ2v) is 9.16. The second-order valence-electron chi connectivity index (χ2n) is 9.16. The third-order valence-corrected chi connectivity index (χ3v) is 6.64. The molecule has 7 heteroatoms. The number of carbonyl (C=O) groups is 2. The lowest BCUT2D eigenvalue weighted by molar-refractivity contribution is 0.0986. The zero-order valence-electron chi connectivity index (χ0n) is 20.4. The van der Waals surface area contributed by atoms with Crippen molar-refractivity contribution in [3.8, 4) is 11.3 Å². The van der Waals surface area contributed by atoms with Gasteiger partial charge < -0.3 is 10.6 Å². The number of carbonyl (C=O) groups excluding carboxylic acids is 2. The van der Waals surface area contributed by atoms with Gasteiger partial charge in [0.05, 0.1) is 11.9 Å². The first-order valence-corrected chi connectivity index (χ1v) is 12.4. The van der Waals surface area contributed by atoms with E-state index in [-0.39, 0.29) is 40.8 Å². The Hall–Kier alpha value is -4.39. The van der Waals surface area contributed by atoms with E-state index in [2.05, 4.69) is 14.9 Å². The van der Waals surface area contributed by atoms with Gasteiger partial charge in [-0.1, -0.05) is 42.5 Å². The zero-order valence-corrected chi connectivity index (χ0v) is 20.4. The van der Waals surface area contributed by atoms with Gasteiger partial charge >= 0.3 is 0 Å². The highest BCUT2D eigenvalue weighted by Gasteiger charge is 2.22. The van der Waals surface area contributed by atoms with Gasteiger partial charge in [-0.2, -0.15) is 0 Å². The average Bonchev–Trinajstić information content (AvgIpc) is 2.94. The van der Waals surface area contributed by atoms with E-state index in [4.69, 9.17) is 5.73 Å². The van der Waals surface area contributed by atoms with E-state index < -0.39 is 5.82 Å². The van der Waals surface area contributed by atoms with Crippen molar-refractivity contribution in [3.05, 3.63) is 107 Å². The number of Topliss-reactive ketones (excluding diaryl/α,β-unsaturated/α-hetero) is 1. The molecule has 37 heavy (non-hydrogen) atoms. The molecule has 5 rings (SSSR count). The predicted octanol–water partition coefficient (Wildman–Crippen LogP) is 5.51. The Balaban J connectivity index is 1.51. The summed E-state index contributed by atoms with van der Waals surface area (Å²) in [6.07, 6.45) is 4.66. The van der Waals surface area contributed by atoms with Gasteiger partial charge in [-0.15, -0.1) is 0 Å². The Morgan fingerprint density at radius 3 is 2.38 bits per heavy atom. The number of halogens is 1. The number of ketones is 2. The normalized spacial score (nSPS) is 13.4. The van der Waals surface area contributed by atoms with Gasteiger partial charge in [0.2, 0.25) is 0 Å². The van der Waals surface area contributed by atoms with Crippen molar-refractivity contribution in [2.75, 3.05) is 23.7 Å². The number of anilines is 2. The molecule has 1 aliphatic heterocycles. The van der Waals surface area contributed by atoms with Crippen molar-refractivity contribution in [1.82, 2.24) is 9.97 Å². The van der Waals surface area contributed by atoms with Gasteiger partial charge in [0.1, 0.15) is 11.5 Å². The van der Waals surface area contributed by atoms with E-state index >= 15 is 0 Å². The Labute approximate surface area is 215 Å². The number of nitrogens with two attached hydrogens (primary N) is 1. The molecular weight excluding hydrogens is 467 g/mol. The van der Waals surface area contributed by atoms with Crippen LogP contribution in [0.15, 0.2) is 79.0 Å². The van der Waals surface area contributed by atoms with Crippen molar-refractivity contribution in [1.29, 1.82) is 0 Å². The van der Waals surface area contributed by atoms with Crippen molar-refractivity contribution < 1.29 is 14.0 Å². The van der Waals surface area contributed by atoms with E-state index in [0.29, 0.717) is 11.1 Å².